The molecule has 1 heterocycles. The fourth-order valence-electron chi connectivity index (χ4n) is 1.53. The first-order valence-corrected chi connectivity index (χ1v) is 9.24. The molecule has 0 aliphatic carbocycles. The van der Waals surface area contributed by atoms with E-state index in [1.54, 1.807) is 19.9 Å². The first kappa shape index (κ1) is 17.3. The van der Waals surface area contributed by atoms with Crippen molar-refractivity contribution in [2.24, 2.45) is 0 Å². The van der Waals surface area contributed by atoms with Gasteiger partial charge in [-0.05, 0) is 32.8 Å². The van der Waals surface area contributed by atoms with E-state index < -0.39 is 16.0 Å². The topological polar surface area (TPSA) is 72.5 Å². The molecule has 1 aromatic rings. The second-order valence-electron chi connectivity index (χ2n) is 4.14. The molecule has 1 rings (SSSR count). The molecule has 0 unspecified atom stereocenters. The first-order chi connectivity index (χ1) is 9.39. The molecule has 8 heteroatoms. The van der Waals surface area contributed by atoms with E-state index in [0.29, 0.717) is 23.7 Å². The number of aryl methyl sites for hydroxylation is 1. The number of hydrogen-bond acceptors (Lipinski definition) is 5. The van der Waals surface area contributed by atoms with Crippen LogP contribution >= 0.6 is 22.9 Å². The van der Waals surface area contributed by atoms with Crippen molar-refractivity contribution in [2.75, 3.05) is 23.0 Å². The SMILES string of the molecule is CCOC(=O)c1cc(C)sc1NS(=O)(=O)CCCCCl. The molecule has 114 valence electrons. The standard InChI is InChI=1S/C12H18ClNO4S2/c1-3-18-12(15)10-8-9(2)19-11(10)14-20(16,17)7-5-4-6-13/h8,14H,3-7H2,1-2H3. The van der Waals surface area contributed by atoms with Gasteiger partial charge in [-0.15, -0.1) is 22.9 Å². The van der Waals surface area contributed by atoms with Crippen LogP contribution in [0.15, 0.2) is 6.07 Å². The molecule has 0 amide bonds. The number of sulfonamides is 1. The van der Waals surface area contributed by atoms with E-state index in [0.717, 1.165) is 4.88 Å². The highest BCUT2D eigenvalue weighted by Gasteiger charge is 2.20. The second kappa shape index (κ2) is 7.85. The molecule has 0 saturated heterocycles. The van der Waals surface area contributed by atoms with Crippen molar-refractivity contribution in [3.63, 3.8) is 0 Å². The van der Waals surface area contributed by atoms with Gasteiger partial charge in [-0.1, -0.05) is 0 Å². The van der Waals surface area contributed by atoms with Crippen LogP contribution in [-0.2, 0) is 14.8 Å². The van der Waals surface area contributed by atoms with Gasteiger partial charge in [0, 0.05) is 10.8 Å². The van der Waals surface area contributed by atoms with Gasteiger partial charge in [0.15, 0.2) is 0 Å². The molecule has 0 saturated carbocycles. The Labute approximate surface area is 128 Å². The summed E-state index contributed by atoms with van der Waals surface area (Å²) in [6.07, 6.45) is 1.12. The number of hydrogen-bond donors (Lipinski definition) is 1. The number of thiophene rings is 1. The summed E-state index contributed by atoms with van der Waals surface area (Å²) >= 11 is 6.74. The number of alkyl halides is 1. The average molecular weight is 340 g/mol. The van der Waals surface area contributed by atoms with Crippen molar-refractivity contribution in [3.8, 4) is 0 Å². The summed E-state index contributed by atoms with van der Waals surface area (Å²) in [5.74, 6) is -0.101. The number of esters is 1. The third-order valence-corrected chi connectivity index (χ3v) is 5.10. The van der Waals surface area contributed by atoms with Gasteiger partial charge < -0.3 is 4.74 Å². The molecule has 0 aliphatic rings. The molecule has 1 N–H and O–H groups in total. The molecule has 0 atom stereocenters. The average Bonchev–Trinajstić information content (AvgIpc) is 2.70. The number of rotatable bonds is 8. The van der Waals surface area contributed by atoms with Gasteiger partial charge in [-0.25, -0.2) is 13.2 Å². The van der Waals surface area contributed by atoms with Gasteiger partial charge >= 0.3 is 5.97 Å². The monoisotopic (exact) mass is 339 g/mol. The zero-order chi connectivity index (χ0) is 15.2. The van der Waals surface area contributed by atoms with Crippen LogP contribution in [0.25, 0.3) is 0 Å². The van der Waals surface area contributed by atoms with Gasteiger partial charge in [0.2, 0.25) is 10.0 Å². The van der Waals surface area contributed by atoms with Crippen molar-refractivity contribution >= 4 is 43.9 Å². The van der Waals surface area contributed by atoms with Crippen molar-refractivity contribution in [1.29, 1.82) is 0 Å². The molecule has 1 aromatic heterocycles. The van der Waals surface area contributed by atoms with Crippen LogP contribution in [0.1, 0.15) is 35.0 Å². The van der Waals surface area contributed by atoms with Crippen LogP contribution in [-0.4, -0.2) is 32.6 Å². The number of anilines is 1. The molecule has 0 radical (unpaired) electrons. The van der Waals surface area contributed by atoms with Crippen LogP contribution in [0.3, 0.4) is 0 Å². The summed E-state index contributed by atoms with van der Waals surface area (Å²) in [6.45, 7) is 3.75. The maximum Gasteiger partial charge on any atom is 0.341 e. The van der Waals surface area contributed by atoms with E-state index >= 15 is 0 Å². The van der Waals surface area contributed by atoms with Crippen molar-refractivity contribution in [3.05, 3.63) is 16.5 Å². The Kier molecular flexibility index (Phi) is 6.78. The summed E-state index contributed by atoms with van der Waals surface area (Å²) in [4.78, 5) is 12.6. The lowest BCUT2D eigenvalue weighted by atomic mass is 10.3. The molecular weight excluding hydrogens is 322 g/mol. The van der Waals surface area contributed by atoms with Gasteiger partial charge in [-0.2, -0.15) is 0 Å². The summed E-state index contributed by atoms with van der Waals surface area (Å²) in [7, 11) is -3.47. The minimum Gasteiger partial charge on any atom is -0.462 e. The van der Waals surface area contributed by atoms with E-state index in [-0.39, 0.29) is 17.9 Å². The Hall–Kier alpha value is -0.790. The lowest BCUT2D eigenvalue weighted by Gasteiger charge is -2.07. The highest BCUT2D eigenvalue weighted by molar-refractivity contribution is 7.92. The number of carbonyl (C=O) groups is 1. The van der Waals surface area contributed by atoms with Crippen molar-refractivity contribution in [1.82, 2.24) is 0 Å². The fourth-order valence-corrected chi connectivity index (χ4v) is 4.10. The van der Waals surface area contributed by atoms with E-state index in [2.05, 4.69) is 4.72 Å². The van der Waals surface area contributed by atoms with Gasteiger partial charge in [-0.3, -0.25) is 4.72 Å². The maximum absolute atomic E-state index is 11.9. The Morgan fingerprint density at radius 3 is 2.75 bits per heavy atom. The van der Waals surface area contributed by atoms with E-state index in [4.69, 9.17) is 16.3 Å². The number of nitrogens with one attached hydrogen (secondary N) is 1. The van der Waals surface area contributed by atoms with E-state index in [1.807, 2.05) is 0 Å². The summed E-state index contributed by atoms with van der Waals surface area (Å²) in [5, 5.41) is 0.312. The van der Waals surface area contributed by atoms with Crippen molar-refractivity contribution < 1.29 is 17.9 Å². The van der Waals surface area contributed by atoms with Crippen LogP contribution < -0.4 is 4.72 Å². The Balaban J connectivity index is 2.84. The predicted molar refractivity (Wildman–Crippen MR) is 82.4 cm³/mol. The van der Waals surface area contributed by atoms with Crippen molar-refractivity contribution in [2.45, 2.75) is 26.7 Å². The highest BCUT2D eigenvalue weighted by Crippen LogP contribution is 2.29. The Bertz CT molecular complexity index is 554. The molecular formula is C12H18ClNO4S2. The van der Waals surface area contributed by atoms with E-state index in [9.17, 15) is 13.2 Å². The number of carbonyl (C=O) groups excluding carboxylic acids is 1. The molecule has 5 nitrogen and oxygen atoms in total. The van der Waals surface area contributed by atoms with Gasteiger partial charge in [0.25, 0.3) is 0 Å². The number of unbranched alkanes of at least 4 members (excludes halogenated alkanes) is 1. The molecule has 0 spiro atoms. The highest BCUT2D eigenvalue weighted by atomic mass is 35.5. The minimum absolute atomic E-state index is 0.0149. The normalized spacial score (nSPS) is 11.3. The van der Waals surface area contributed by atoms with Gasteiger partial charge in [0.05, 0.1) is 17.9 Å². The quantitative estimate of drug-likeness (QED) is 0.449. The number of ether oxygens (including phenoxy) is 1. The molecule has 0 bridgehead atoms. The third kappa shape index (κ3) is 5.30. The maximum atomic E-state index is 11.9. The Morgan fingerprint density at radius 2 is 2.15 bits per heavy atom. The molecule has 0 aromatic carbocycles. The lowest BCUT2D eigenvalue weighted by Crippen LogP contribution is -2.18. The second-order valence-corrected chi connectivity index (χ2v) is 7.61. The third-order valence-electron chi connectivity index (χ3n) is 2.40. The molecule has 0 aliphatic heterocycles. The van der Waals surface area contributed by atoms with Crippen LogP contribution in [0, 0.1) is 6.92 Å². The first-order valence-electron chi connectivity index (χ1n) is 6.23. The summed E-state index contributed by atoms with van der Waals surface area (Å²) in [5.41, 5.74) is 0.260. The summed E-state index contributed by atoms with van der Waals surface area (Å²) in [6, 6.07) is 1.62. The zero-order valence-electron chi connectivity index (χ0n) is 11.4. The largest absolute Gasteiger partial charge is 0.462 e. The minimum atomic E-state index is -3.47. The molecule has 0 fully saturated rings. The number of halogens is 1. The summed E-state index contributed by atoms with van der Waals surface area (Å²) < 4.78 is 31.2. The van der Waals surface area contributed by atoms with Crippen LogP contribution in [0.4, 0.5) is 5.00 Å². The lowest BCUT2D eigenvalue weighted by molar-refractivity contribution is 0.0528. The van der Waals surface area contributed by atoms with Crippen LogP contribution in [0.5, 0.6) is 0 Å². The fraction of sp³-hybridized carbons (Fsp3) is 0.583. The zero-order valence-corrected chi connectivity index (χ0v) is 13.8. The predicted octanol–water partition coefficient (Wildman–Crippen LogP) is 2.99. The Morgan fingerprint density at radius 1 is 1.45 bits per heavy atom. The molecule has 20 heavy (non-hydrogen) atoms. The van der Waals surface area contributed by atoms with E-state index in [1.165, 1.54) is 11.3 Å². The smallest absolute Gasteiger partial charge is 0.341 e. The van der Waals surface area contributed by atoms with Gasteiger partial charge in [0.1, 0.15) is 5.00 Å². The van der Waals surface area contributed by atoms with Crippen LogP contribution in [0.2, 0.25) is 0 Å².